The zero-order valence-corrected chi connectivity index (χ0v) is 19.1. The summed E-state index contributed by atoms with van der Waals surface area (Å²) in [5.74, 6) is 1.81. The van der Waals surface area contributed by atoms with Crippen LogP contribution >= 0.6 is 0 Å². The van der Waals surface area contributed by atoms with Gasteiger partial charge in [0, 0.05) is 30.9 Å². The molecule has 0 radical (unpaired) electrons. The molecule has 0 fully saturated rings. The number of hydrogen-bond acceptors (Lipinski definition) is 1. The minimum absolute atomic E-state index is 0.510. The molecule has 0 amide bonds. The molecule has 0 N–H and O–H groups in total. The summed E-state index contributed by atoms with van der Waals surface area (Å²) >= 11 is 0. The van der Waals surface area contributed by atoms with Gasteiger partial charge in [0.25, 0.3) is 5.69 Å². The molecule has 0 saturated carbocycles. The fourth-order valence-corrected chi connectivity index (χ4v) is 4.97. The lowest BCUT2D eigenvalue weighted by Gasteiger charge is -2.26. The van der Waals surface area contributed by atoms with E-state index in [1.807, 2.05) is 13.8 Å². The van der Waals surface area contributed by atoms with E-state index in [1.165, 1.54) is 33.0 Å². The maximum absolute atomic E-state index is 7.72. The molecule has 0 unspecified atom stereocenters. The molecule has 4 aromatic rings. The van der Waals surface area contributed by atoms with Crippen LogP contribution in [-0.2, 0) is 13.5 Å². The van der Waals surface area contributed by atoms with Crippen molar-refractivity contribution in [3.05, 3.63) is 76.1 Å². The summed E-state index contributed by atoms with van der Waals surface area (Å²) in [6.45, 7) is 18.2. The summed E-state index contributed by atoms with van der Waals surface area (Å²) in [4.78, 5) is 3.91. The molecule has 0 aliphatic carbocycles. The van der Waals surface area contributed by atoms with Gasteiger partial charge in [0.05, 0.1) is 17.4 Å². The highest BCUT2D eigenvalue weighted by atomic mass is 16.5. The second-order valence-corrected chi connectivity index (χ2v) is 9.49. The van der Waals surface area contributed by atoms with Crippen LogP contribution in [0.3, 0.4) is 0 Å². The smallest absolute Gasteiger partial charge is 0.257 e. The molecule has 1 aromatic heterocycles. The third kappa shape index (κ3) is 2.82. The summed E-state index contributed by atoms with van der Waals surface area (Å²) in [5.41, 5.74) is 7.87. The molecule has 31 heavy (non-hydrogen) atoms. The minimum atomic E-state index is -0.510. The molecular formula is C28H27N2O+. The number of rotatable bonds is 2. The van der Waals surface area contributed by atoms with E-state index < -0.39 is 5.54 Å². The molecule has 0 saturated heterocycles. The van der Waals surface area contributed by atoms with Crippen molar-refractivity contribution in [1.29, 1.82) is 0 Å². The third-order valence-corrected chi connectivity index (χ3v) is 6.64. The zero-order chi connectivity index (χ0) is 22.1. The van der Waals surface area contributed by atoms with E-state index >= 15 is 0 Å². The SMILES string of the molecule is [C-]#[N+]C(C)(C)Cc1c2c([n+](C)c3ccccc13)-c1c(C)c(C)cc3cc(C)cc(c13)O2. The number of para-hydroxylation sites is 1. The molecule has 0 bridgehead atoms. The first-order valence-electron chi connectivity index (χ1n) is 10.8. The topological polar surface area (TPSA) is 17.5 Å². The van der Waals surface area contributed by atoms with Crippen molar-refractivity contribution in [3.63, 3.8) is 0 Å². The largest absolute Gasteiger partial charge is 0.449 e. The van der Waals surface area contributed by atoms with E-state index in [4.69, 9.17) is 11.3 Å². The van der Waals surface area contributed by atoms with Gasteiger partial charge in [-0.1, -0.05) is 24.3 Å². The highest BCUT2D eigenvalue weighted by molar-refractivity contribution is 6.06. The summed E-state index contributed by atoms with van der Waals surface area (Å²) < 4.78 is 8.98. The number of hydrogen-bond donors (Lipinski definition) is 0. The highest BCUT2D eigenvalue weighted by Crippen LogP contribution is 2.50. The Morgan fingerprint density at radius 1 is 1.06 bits per heavy atom. The van der Waals surface area contributed by atoms with E-state index in [2.05, 4.69) is 79.7 Å². The van der Waals surface area contributed by atoms with Crippen molar-refractivity contribution >= 4 is 21.7 Å². The molecule has 3 aromatic carbocycles. The Balaban J connectivity index is 1.99. The standard InChI is InChI=1S/C28H27N2O/c1-16-12-19-14-17(2)18(3)24-25(19)23(13-16)31-27-21(15-28(4,5)29-6)20-10-8-9-11-22(20)30(7)26(24)27/h8-14H,15H2,1-5,7H3/q+1. The van der Waals surface area contributed by atoms with Gasteiger partial charge in [-0.3, -0.25) is 0 Å². The summed E-state index contributed by atoms with van der Waals surface area (Å²) in [6, 6.07) is 15.1. The van der Waals surface area contributed by atoms with Gasteiger partial charge in [0.1, 0.15) is 12.8 Å². The fourth-order valence-electron chi connectivity index (χ4n) is 4.97. The Kier molecular flexibility index (Phi) is 4.14. The van der Waals surface area contributed by atoms with Crippen molar-refractivity contribution in [2.75, 3.05) is 0 Å². The first-order chi connectivity index (χ1) is 14.7. The summed E-state index contributed by atoms with van der Waals surface area (Å²) in [6.07, 6.45) is 0.634. The molecule has 2 heterocycles. The van der Waals surface area contributed by atoms with Crippen molar-refractivity contribution in [3.8, 4) is 22.8 Å². The monoisotopic (exact) mass is 407 g/mol. The second kappa shape index (κ2) is 6.56. The van der Waals surface area contributed by atoms with Crippen LogP contribution in [0.2, 0.25) is 0 Å². The predicted molar refractivity (Wildman–Crippen MR) is 127 cm³/mol. The molecule has 1 aliphatic heterocycles. The van der Waals surface area contributed by atoms with Crippen LogP contribution in [0.5, 0.6) is 11.5 Å². The van der Waals surface area contributed by atoms with E-state index in [9.17, 15) is 0 Å². The summed E-state index contributed by atoms with van der Waals surface area (Å²) in [7, 11) is 2.13. The molecule has 0 spiro atoms. The predicted octanol–water partition coefficient (Wildman–Crippen LogP) is 6.76. The van der Waals surface area contributed by atoms with Crippen LogP contribution in [0.4, 0.5) is 0 Å². The Morgan fingerprint density at radius 3 is 2.55 bits per heavy atom. The normalized spacial score (nSPS) is 12.5. The molecule has 154 valence electrons. The lowest BCUT2D eigenvalue weighted by atomic mass is 9.86. The molecule has 3 heteroatoms. The van der Waals surface area contributed by atoms with E-state index in [0.717, 1.165) is 33.7 Å². The first-order valence-corrected chi connectivity index (χ1v) is 10.8. The van der Waals surface area contributed by atoms with E-state index in [1.54, 1.807) is 0 Å². The van der Waals surface area contributed by atoms with Crippen molar-refractivity contribution in [2.24, 2.45) is 7.05 Å². The minimum Gasteiger partial charge on any atom is -0.449 e. The van der Waals surface area contributed by atoms with Crippen LogP contribution < -0.4 is 9.30 Å². The highest BCUT2D eigenvalue weighted by Gasteiger charge is 2.37. The first kappa shape index (κ1) is 19.6. The second-order valence-electron chi connectivity index (χ2n) is 9.49. The molecule has 1 aliphatic rings. The lowest BCUT2D eigenvalue weighted by Crippen LogP contribution is -2.35. The van der Waals surface area contributed by atoms with Gasteiger partial charge in [0.15, 0.2) is 0 Å². The van der Waals surface area contributed by atoms with Gasteiger partial charge < -0.3 is 9.58 Å². The quantitative estimate of drug-likeness (QED) is 0.234. The van der Waals surface area contributed by atoms with Gasteiger partial charge in [-0.05, 0) is 55.0 Å². The molecule has 0 atom stereocenters. The van der Waals surface area contributed by atoms with Gasteiger partial charge in [-0.2, -0.15) is 4.57 Å². The molecule has 5 rings (SSSR count). The number of ether oxygens (including phenoxy) is 1. The van der Waals surface area contributed by atoms with Crippen LogP contribution in [0.15, 0.2) is 42.5 Å². The van der Waals surface area contributed by atoms with Gasteiger partial charge in [-0.25, -0.2) is 6.57 Å². The number of pyridine rings is 1. The number of aryl methyl sites for hydroxylation is 3. The molecular weight excluding hydrogens is 380 g/mol. The maximum atomic E-state index is 7.72. The van der Waals surface area contributed by atoms with Gasteiger partial charge >= 0.3 is 0 Å². The van der Waals surface area contributed by atoms with E-state index in [0.29, 0.717) is 6.42 Å². The Labute approximate surface area is 183 Å². The number of benzene rings is 3. The van der Waals surface area contributed by atoms with Crippen molar-refractivity contribution in [1.82, 2.24) is 0 Å². The Morgan fingerprint density at radius 2 is 1.81 bits per heavy atom. The molecule has 3 nitrogen and oxygen atoms in total. The fraction of sp³-hybridized carbons (Fsp3) is 0.286. The van der Waals surface area contributed by atoms with Crippen LogP contribution in [0.25, 0.3) is 37.8 Å². The van der Waals surface area contributed by atoms with Crippen molar-refractivity contribution in [2.45, 2.75) is 46.6 Å². The third-order valence-electron chi connectivity index (χ3n) is 6.64. The van der Waals surface area contributed by atoms with Gasteiger partial charge in [0.2, 0.25) is 16.8 Å². The number of aromatic nitrogens is 1. The Hall–Kier alpha value is -3.38. The number of nitrogens with zero attached hydrogens (tertiary/aromatic N) is 2. The Bertz CT molecular complexity index is 1450. The average molecular weight is 408 g/mol. The van der Waals surface area contributed by atoms with Crippen molar-refractivity contribution < 1.29 is 9.30 Å². The summed E-state index contributed by atoms with van der Waals surface area (Å²) in [5, 5.41) is 3.55. The zero-order valence-electron chi connectivity index (χ0n) is 19.1. The lowest BCUT2D eigenvalue weighted by molar-refractivity contribution is -0.633. The average Bonchev–Trinajstić information content (AvgIpc) is 2.73. The van der Waals surface area contributed by atoms with E-state index in [-0.39, 0.29) is 0 Å². The van der Waals surface area contributed by atoms with Crippen LogP contribution in [0.1, 0.15) is 36.1 Å². The number of fused-ring (bicyclic) bond motifs is 3. The van der Waals surface area contributed by atoms with Gasteiger partial charge in [-0.15, -0.1) is 0 Å². The maximum Gasteiger partial charge on any atom is 0.257 e. The van der Waals surface area contributed by atoms with Crippen LogP contribution in [-0.4, -0.2) is 5.54 Å². The van der Waals surface area contributed by atoms with Crippen LogP contribution in [0, 0.1) is 27.3 Å².